The smallest absolute Gasteiger partial charge is 0.0589 e. The number of nitrogens with zero attached hydrogens (tertiary/aromatic N) is 1. The molecular formula is C12H17ClN2. The summed E-state index contributed by atoms with van der Waals surface area (Å²) in [7, 11) is 2.00. The Morgan fingerprint density at radius 2 is 2.33 bits per heavy atom. The number of hydrogen-bond donors (Lipinski definition) is 1. The molecule has 1 aliphatic carbocycles. The van der Waals surface area contributed by atoms with Gasteiger partial charge in [-0.05, 0) is 31.5 Å². The summed E-state index contributed by atoms with van der Waals surface area (Å²) >= 11 is 5.82. The van der Waals surface area contributed by atoms with E-state index in [0.717, 1.165) is 11.6 Å². The Kier molecular flexibility index (Phi) is 3.60. The maximum absolute atomic E-state index is 5.82. The van der Waals surface area contributed by atoms with Crippen molar-refractivity contribution in [3.8, 4) is 0 Å². The normalized spacial score (nSPS) is 18.5. The molecule has 15 heavy (non-hydrogen) atoms. The van der Waals surface area contributed by atoms with Crippen molar-refractivity contribution in [1.29, 1.82) is 0 Å². The number of halogens is 1. The average molecular weight is 225 g/mol. The fourth-order valence-electron chi connectivity index (χ4n) is 2.04. The molecule has 2 rings (SSSR count). The van der Waals surface area contributed by atoms with E-state index in [1.807, 2.05) is 19.2 Å². The van der Waals surface area contributed by atoms with Crippen molar-refractivity contribution in [2.75, 3.05) is 7.05 Å². The summed E-state index contributed by atoms with van der Waals surface area (Å²) in [6.45, 7) is 0. The molecule has 1 aromatic heterocycles. The standard InChI is InChI=1S/C12H17ClN2/c1-14-12(7-9-3-2-4-9)11-6-5-10(13)8-15-11/h5-6,8-9,12,14H,2-4,7H2,1H3. The van der Waals surface area contributed by atoms with Crippen molar-refractivity contribution in [2.45, 2.75) is 31.7 Å². The van der Waals surface area contributed by atoms with E-state index >= 15 is 0 Å². The molecule has 0 bridgehead atoms. The maximum atomic E-state index is 5.82. The van der Waals surface area contributed by atoms with Gasteiger partial charge in [-0.15, -0.1) is 0 Å². The van der Waals surface area contributed by atoms with Crippen molar-refractivity contribution in [3.63, 3.8) is 0 Å². The molecule has 82 valence electrons. The summed E-state index contributed by atoms with van der Waals surface area (Å²) in [5.41, 5.74) is 1.11. The Labute approximate surface area is 96.1 Å². The predicted octanol–water partition coefficient (Wildman–Crippen LogP) is 3.19. The van der Waals surface area contributed by atoms with Gasteiger partial charge in [0.15, 0.2) is 0 Å². The van der Waals surface area contributed by atoms with Gasteiger partial charge in [-0.3, -0.25) is 4.98 Å². The fraction of sp³-hybridized carbons (Fsp3) is 0.583. The van der Waals surface area contributed by atoms with Gasteiger partial charge in [-0.25, -0.2) is 0 Å². The van der Waals surface area contributed by atoms with Gasteiger partial charge in [0.2, 0.25) is 0 Å². The summed E-state index contributed by atoms with van der Waals surface area (Å²) < 4.78 is 0. The van der Waals surface area contributed by atoms with E-state index in [4.69, 9.17) is 11.6 Å². The first kappa shape index (κ1) is 10.9. The Morgan fingerprint density at radius 3 is 2.80 bits per heavy atom. The Hall–Kier alpha value is -0.600. The van der Waals surface area contributed by atoms with Crippen LogP contribution in [-0.2, 0) is 0 Å². The highest BCUT2D eigenvalue weighted by molar-refractivity contribution is 6.30. The van der Waals surface area contributed by atoms with Crippen LogP contribution in [0.15, 0.2) is 18.3 Å². The summed E-state index contributed by atoms with van der Waals surface area (Å²) in [6.07, 6.45) is 7.08. The van der Waals surface area contributed by atoms with E-state index in [1.165, 1.54) is 25.7 Å². The topological polar surface area (TPSA) is 24.9 Å². The van der Waals surface area contributed by atoms with Crippen LogP contribution in [0.5, 0.6) is 0 Å². The first-order chi connectivity index (χ1) is 7.29. The molecule has 1 saturated carbocycles. The van der Waals surface area contributed by atoms with Gasteiger partial charge < -0.3 is 5.32 Å². The largest absolute Gasteiger partial charge is 0.312 e. The summed E-state index contributed by atoms with van der Waals surface area (Å²) in [5.74, 6) is 0.889. The van der Waals surface area contributed by atoms with E-state index in [2.05, 4.69) is 10.3 Å². The number of hydrogen-bond acceptors (Lipinski definition) is 2. The molecule has 0 aliphatic heterocycles. The summed E-state index contributed by atoms with van der Waals surface area (Å²) in [6, 6.07) is 4.31. The molecular weight excluding hydrogens is 208 g/mol. The van der Waals surface area contributed by atoms with Crippen LogP contribution in [0.25, 0.3) is 0 Å². The van der Waals surface area contributed by atoms with Crippen molar-refractivity contribution in [2.24, 2.45) is 5.92 Å². The minimum absolute atomic E-state index is 0.382. The minimum atomic E-state index is 0.382. The summed E-state index contributed by atoms with van der Waals surface area (Å²) in [5, 5.41) is 4.04. The lowest BCUT2D eigenvalue weighted by Gasteiger charge is -2.29. The molecule has 3 heteroatoms. The molecule has 0 radical (unpaired) electrons. The van der Waals surface area contributed by atoms with E-state index in [0.29, 0.717) is 11.1 Å². The van der Waals surface area contributed by atoms with Crippen molar-refractivity contribution < 1.29 is 0 Å². The van der Waals surface area contributed by atoms with Crippen LogP contribution < -0.4 is 5.32 Å². The minimum Gasteiger partial charge on any atom is -0.312 e. The lowest BCUT2D eigenvalue weighted by atomic mass is 9.80. The van der Waals surface area contributed by atoms with E-state index in [9.17, 15) is 0 Å². The van der Waals surface area contributed by atoms with Crippen molar-refractivity contribution in [3.05, 3.63) is 29.0 Å². The van der Waals surface area contributed by atoms with Crippen molar-refractivity contribution >= 4 is 11.6 Å². The highest BCUT2D eigenvalue weighted by atomic mass is 35.5. The van der Waals surface area contributed by atoms with Crippen LogP contribution in [-0.4, -0.2) is 12.0 Å². The Morgan fingerprint density at radius 1 is 1.53 bits per heavy atom. The van der Waals surface area contributed by atoms with Crippen molar-refractivity contribution in [1.82, 2.24) is 10.3 Å². The van der Waals surface area contributed by atoms with Gasteiger partial charge in [0.05, 0.1) is 10.7 Å². The SMILES string of the molecule is CNC(CC1CCC1)c1ccc(Cl)cn1. The maximum Gasteiger partial charge on any atom is 0.0589 e. The third-order valence-corrected chi connectivity index (χ3v) is 3.47. The number of rotatable bonds is 4. The van der Waals surface area contributed by atoms with Gasteiger partial charge in [-0.2, -0.15) is 0 Å². The van der Waals surface area contributed by atoms with Crippen LogP contribution in [0.4, 0.5) is 0 Å². The Bertz CT molecular complexity index is 306. The number of pyridine rings is 1. The van der Waals surface area contributed by atoms with E-state index in [-0.39, 0.29) is 0 Å². The zero-order valence-electron chi connectivity index (χ0n) is 9.04. The molecule has 1 aromatic rings. The van der Waals surface area contributed by atoms with E-state index in [1.54, 1.807) is 6.20 Å². The number of nitrogens with one attached hydrogen (secondary N) is 1. The van der Waals surface area contributed by atoms with Crippen LogP contribution in [0.3, 0.4) is 0 Å². The lowest BCUT2D eigenvalue weighted by Crippen LogP contribution is -2.23. The lowest BCUT2D eigenvalue weighted by molar-refractivity contribution is 0.264. The predicted molar refractivity (Wildman–Crippen MR) is 63.0 cm³/mol. The van der Waals surface area contributed by atoms with Gasteiger partial charge in [0, 0.05) is 12.2 Å². The highest BCUT2D eigenvalue weighted by Crippen LogP contribution is 2.34. The first-order valence-electron chi connectivity index (χ1n) is 5.58. The molecule has 1 N–H and O–H groups in total. The summed E-state index contributed by atoms with van der Waals surface area (Å²) in [4.78, 5) is 4.37. The molecule has 0 amide bonds. The Balaban J connectivity index is 2.01. The van der Waals surface area contributed by atoms with Crippen LogP contribution in [0, 0.1) is 5.92 Å². The molecule has 0 saturated heterocycles. The molecule has 0 spiro atoms. The molecule has 0 aromatic carbocycles. The van der Waals surface area contributed by atoms with E-state index < -0.39 is 0 Å². The molecule has 1 fully saturated rings. The third-order valence-electron chi connectivity index (χ3n) is 3.25. The zero-order chi connectivity index (χ0) is 10.7. The monoisotopic (exact) mass is 224 g/mol. The molecule has 2 nitrogen and oxygen atoms in total. The highest BCUT2D eigenvalue weighted by Gasteiger charge is 2.22. The van der Waals surface area contributed by atoms with Gasteiger partial charge >= 0.3 is 0 Å². The average Bonchev–Trinajstić information content (AvgIpc) is 2.19. The molecule has 1 heterocycles. The second kappa shape index (κ2) is 4.95. The van der Waals surface area contributed by atoms with Gasteiger partial charge in [-0.1, -0.05) is 30.9 Å². The third kappa shape index (κ3) is 2.70. The van der Waals surface area contributed by atoms with Crippen LogP contribution in [0.1, 0.15) is 37.4 Å². The quantitative estimate of drug-likeness (QED) is 0.850. The molecule has 1 atom stereocenters. The van der Waals surface area contributed by atoms with Crippen LogP contribution in [0.2, 0.25) is 5.02 Å². The number of aromatic nitrogens is 1. The second-order valence-electron chi connectivity index (χ2n) is 4.28. The van der Waals surface area contributed by atoms with Gasteiger partial charge in [0.25, 0.3) is 0 Å². The molecule has 1 aliphatic rings. The first-order valence-corrected chi connectivity index (χ1v) is 5.96. The van der Waals surface area contributed by atoms with Crippen LogP contribution >= 0.6 is 11.6 Å². The second-order valence-corrected chi connectivity index (χ2v) is 4.71. The molecule has 1 unspecified atom stereocenters. The van der Waals surface area contributed by atoms with Gasteiger partial charge in [0.1, 0.15) is 0 Å². The zero-order valence-corrected chi connectivity index (χ0v) is 9.80. The fourth-order valence-corrected chi connectivity index (χ4v) is 2.15.